The lowest BCUT2D eigenvalue weighted by atomic mass is 9.95. The molecule has 0 aliphatic heterocycles. The van der Waals surface area contributed by atoms with Crippen LogP contribution in [-0.2, 0) is 6.54 Å². The maximum atomic E-state index is 13.5. The molecule has 106 valence electrons. The van der Waals surface area contributed by atoms with E-state index in [1.807, 2.05) is 11.8 Å². The summed E-state index contributed by atoms with van der Waals surface area (Å²) in [6, 6.07) is 1.88. The first-order valence-electron chi connectivity index (χ1n) is 6.49. The molecule has 0 saturated heterocycles. The highest BCUT2D eigenvalue weighted by Gasteiger charge is 2.21. The summed E-state index contributed by atoms with van der Waals surface area (Å²) < 4.78 is 39.4. The Morgan fingerprint density at radius 2 is 1.89 bits per heavy atom. The number of hydrogen-bond acceptors (Lipinski definition) is 2. The molecule has 1 fully saturated rings. The Morgan fingerprint density at radius 1 is 1.16 bits per heavy atom. The summed E-state index contributed by atoms with van der Waals surface area (Å²) in [7, 11) is 0. The zero-order chi connectivity index (χ0) is 13.8. The van der Waals surface area contributed by atoms with E-state index in [0.29, 0.717) is 17.4 Å². The molecule has 19 heavy (non-hydrogen) atoms. The van der Waals surface area contributed by atoms with Gasteiger partial charge in [0.1, 0.15) is 5.82 Å². The molecule has 1 saturated carbocycles. The van der Waals surface area contributed by atoms with Gasteiger partial charge in [0, 0.05) is 29.5 Å². The van der Waals surface area contributed by atoms with Crippen LogP contribution in [0, 0.1) is 17.5 Å². The third kappa shape index (κ3) is 3.89. The van der Waals surface area contributed by atoms with Crippen molar-refractivity contribution < 1.29 is 13.2 Å². The Hall–Kier alpha value is -0.680. The van der Waals surface area contributed by atoms with Crippen molar-refractivity contribution in [3.63, 3.8) is 0 Å². The smallest absolute Gasteiger partial charge is 0.161 e. The fourth-order valence-corrected chi connectivity index (χ4v) is 3.33. The van der Waals surface area contributed by atoms with Gasteiger partial charge in [-0.1, -0.05) is 6.42 Å². The van der Waals surface area contributed by atoms with Gasteiger partial charge in [-0.25, -0.2) is 13.2 Å². The standard InChI is InChI=1S/C14H18F3NS/c1-19-11-4-2-3-10(6-11)18-8-9-5-13(16)14(17)7-12(9)15/h5,7,10-11,18H,2-4,6,8H2,1H3. The Labute approximate surface area is 116 Å². The van der Waals surface area contributed by atoms with Gasteiger partial charge in [-0.2, -0.15) is 11.8 Å². The first-order chi connectivity index (χ1) is 9.10. The quantitative estimate of drug-likeness (QED) is 0.845. The molecule has 0 amide bonds. The van der Waals surface area contributed by atoms with E-state index >= 15 is 0 Å². The summed E-state index contributed by atoms with van der Waals surface area (Å²) in [5.74, 6) is -2.83. The van der Waals surface area contributed by atoms with Crippen molar-refractivity contribution in [2.75, 3.05) is 6.26 Å². The maximum Gasteiger partial charge on any atom is 0.161 e. The van der Waals surface area contributed by atoms with Crippen LogP contribution in [0.25, 0.3) is 0 Å². The first kappa shape index (κ1) is 14.7. The van der Waals surface area contributed by atoms with Crippen LogP contribution in [0.3, 0.4) is 0 Å². The van der Waals surface area contributed by atoms with E-state index in [-0.39, 0.29) is 12.1 Å². The molecule has 2 unspecified atom stereocenters. The van der Waals surface area contributed by atoms with Crippen LogP contribution in [0.15, 0.2) is 12.1 Å². The molecule has 2 rings (SSSR count). The molecular weight excluding hydrogens is 271 g/mol. The molecule has 1 aliphatic rings. The summed E-state index contributed by atoms with van der Waals surface area (Å²) in [6.45, 7) is 0.245. The van der Waals surface area contributed by atoms with E-state index in [9.17, 15) is 13.2 Å². The first-order valence-corrected chi connectivity index (χ1v) is 7.78. The fourth-order valence-electron chi connectivity index (χ4n) is 2.50. The molecule has 2 atom stereocenters. The predicted octanol–water partition coefficient (Wildman–Crippen LogP) is 3.87. The maximum absolute atomic E-state index is 13.5. The van der Waals surface area contributed by atoms with Crippen molar-refractivity contribution in [2.24, 2.45) is 0 Å². The number of hydrogen-bond donors (Lipinski definition) is 1. The molecule has 5 heteroatoms. The van der Waals surface area contributed by atoms with Crippen LogP contribution >= 0.6 is 11.8 Å². The van der Waals surface area contributed by atoms with Crippen molar-refractivity contribution in [1.82, 2.24) is 5.32 Å². The highest BCUT2D eigenvalue weighted by molar-refractivity contribution is 7.99. The molecule has 1 aromatic rings. The number of thioether (sulfide) groups is 1. The van der Waals surface area contributed by atoms with E-state index in [4.69, 9.17) is 0 Å². The van der Waals surface area contributed by atoms with Crippen LogP contribution in [-0.4, -0.2) is 17.5 Å². The molecule has 1 N–H and O–H groups in total. The van der Waals surface area contributed by atoms with Crippen LogP contribution in [0.5, 0.6) is 0 Å². The van der Waals surface area contributed by atoms with Gasteiger partial charge in [-0.3, -0.25) is 0 Å². The molecule has 0 aromatic heterocycles. The van der Waals surface area contributed by atoms with Crippen molar-refractivity contribution in [3.8, 4) is 0 Å². The Morgan fingerprint density at radius 3 is 2.63 bits per heavy atom. The van der Waals surface area contributed by atoms with Crippen LogP contribution in [0.2, 0.25) is 0 Å². The van der Waals surface area contributed by atoms with Gasteiger partial charge in [-0.15, -0.1) is 0 Å². The second kappa shape index (κ2) is 6.66. The third-order valence-electron chi connectivity index (χ3n) is 3.63. The minimum Gasteiger partial charge on any atom is -0.310 e. The largest absolute Gasteiger partial charge is 0.310 e. The SMILES string of the molecule is CSC1CCCC(NCc2cc(F)c(F)cc2F)C1. The monoisotopic (exact) mass is 289 g/mol. The molecule has 1 aliphatic carbocycles. The van der Waals surface area contributed by atoms with E-state index in [1.165, 1.54) is 6.42 Å². The van der Waals surface area contributed by atoms with E-state index in [0.717, 1.165) is 25.3 Å². The molecular formula is C14H18F3NS. The van der Waals surface area contributed by atoms with Gasteiger partial charge in [-0.05, 0) is 31.6 Å². The van der Waals surface area contributed by atoms with Gasteiger partial charge in [0.2, 0.25) is 0 Å². The van der Waals surface area contributed by atoms with Gasteiger partial charge in [0.05, 0.1) is 0 Å². The predicted molar refractivity (Wildman–Crippen MR) is 72.7 cm³/mol. The van der Waals surface area contributed by atoms with Gasteiger partial charge >= 0.3 is 0 Å². The number of rotatable bonds is 4. The van der Waals surface area contributed by atoms with Crippen LogP contribution < -0.4 is 5.32 Å². The topological polar surface area (TPSA) is 12.0 Å². The van der Waals surface area contributed by atoms with Crippen molar-refractivity contribution in [2.45, 2.75) is 43.5 Å². The lowest BCUT2D eigenvalue weighted by molar-refractivity contribution is 0.376. The molecule has 0 heterocycles. The summed E-state index contributed by atoms with van der Waals surface area (Å²) >= 11 is 1.86. The lowest BCUT2D eigenvalue weighted by Crippen LogP contribution is -2.34. The summed E-state index contributed by atoms with van der Waals surface area (Å²) in [5, 5.41) is 3.89. The zero-order valence-electron chi connectivity index (χ0n) is 10.9. The van der Waals surface area contributed by atoms with Crippen molar-refractivity contribution in [3.05, 3.63) is 35.1 Å². The second-order valence-corrected chi connectivity index (χ2v) is 6.10. The number of benzene rings is 1. The molecule has 1 aromatic carbocycles. The number of nitrogens with one attached hydrogen (secondary N) is 1. The van der Waals surface area contributed by atoms with Gasteiger partial charge in [0.15, 0.2) is 11.6 Å². The van der Waals surface area contributed by atoms with E-state index in [1.54, 1.807) is 0 Å². The molecule has 0 radical (unpaired) electrons. The minimum absolute atomic E-state index is 0.185. The van der Waals surface area contributed by atoms with E-state index in [2.05, 4.69) is 11.6 Å². The highest BCUT2D eigenvalue weighted by Crippen LogP contribution is 2.27. The Kier molecular flexibility index (Phi) is 5.16. The van der Waals surface area contributed by atoms with Crippen molar-refractivity contribution >= 4 is 11.8 Å². The minimum atomic E-state index is -1.14. The normalized spacial score (nSPS) is 23.6. The van der Waals surface area contributed by atoms with E-state index < -0.39 is 17.5 Å². The molecule has 1 nitrogen and oxygen atoms in total. The Balaban J connectivity index is 1.93. The average molecular weight is 289 g/mol. The fraction of sp³-hybridized carbons (Fsp3) is 0.571. The summed E-state index contributed by atoms with van der Waals surface area (Å²) in [6.07, 6.45) is 6.58. The van der Waals surface area contributed by atoms with Gasteiger partial charge < -0.3 is 5.32 Å². The highest BCUT2D eigenvalue weighted by atomic mass is 32.2. The number of halogens is 3. The lowest BCUT2D eigenvalue weighted by Gasteiger charge is -2.28. The molecule has 0 bridgehead atoms. The summed E-state index contributed by atoms with van der Waals surface area (Å²) in [5.41, 5.74) is 0.185. The third-order valence-corrected chi connectivity index (χ3v) is 4.72. The van der Waals surface area contributed by atoms with Crippen LogP contribution in [0.1, 0.15) is 31.2 Å². The zero-order valence-corrected chi connectivity index (χ0v) is 11.7. The second-order valence-electron chi connectivity index (χ2n) is 4.96. The Bertz CT molecular complexity index is 439. The van der Waals surface area contributed by atoms with Crippen LogP contribution in [0.4, 0.5) is 13.2 Å². The summed E-state index contributed by atoms with van der Waals surface area (Å²) in [4.78, 5) is 0. The van der Waals surface area contributed by atoms with Crippen molar-refractivity contribution in [1.29, 1.82) is 0 Å². The average Bonchev–Trinajstić information content (AvgIpc) is 2.41. The van der Waals surface area contributed by atoms with Gasteiger partial charge in [0.25, 0.3) is 0 Å². The molecule has 0 spiro atoms.